The normalized spacial score (nSPS) is 36.3. The average Bonchev–Trinajstić information content (AvgIpc) is 2.49. The van der Waals surface area contributed by atoms with Crippen LogP contribution in [0, 0.1) is 17.8 Å². The maximum atomic E-state index is 12.3. The van der Waals surface area contributed by atoms with Crippen LogP contribution in [-0.2, 0) is 14.3 Å². The number of carbonyl (C=O) groups is 1. The Labute approximate surface area is 98.5 Å². The van der Waals surface area contributed by atoms with Gasteiger partial charge in [-0.2, -0.15) is 0 Å². The second-order valence-corrected chi connectivity index (χ2v) is 5.02. The lowest BCUT2D eigenvalue weighted by molar-refractivity contribution is -0.129. The molecular formula is C13H24O3. The molecule has 0 bridgehead atoms. The van der Waals surface area contributed by atoms with Gasteiger partial charge in [-0.3, -0.25) is 4.79 Å². The van der Waals surface area contributed by atoms with Gasteiger partial charge in [0.15, 0.2) is 0 Å². The molecule has 0 aromatic carbocycles. The molecular weight excluding hydrogens is 204 g/mol. The Balaban J connectivity index is 2.59. The quantitative estimate of drug-likeness (QED) is 0.724. The van der Waals surface area contributed by atoms with Crippen molar-refractivity contribution in [2.75, 3.05) is 13.7 Å². The van der Waals surface area contributed by atoms with Crippen molar-refractivity contribution in [1.82, 2.24) is 0 Å². The Morgan fingerprint density at radius 1 is 1.31 bits per heavy atom. The van der Waals surface area contributed by atoms with Crippen molar-refractivity contribution in [2.24, 2.45) is 17.8 Å². The zero-order valence-electron chi connectivity index (χ0n) is 11.0. The summed E-state index contributed by atoms with van der Waals surface area (Å²) in [5, 5.41) is 0. The van der Waals surface area contributed by atoms with E-state index in [1.807, 2.05) is 20.8 Å². The SMILES string of the molecule is COCCC(C)C(=O)C1C(C)OC(C)C1C. The Kier molecular flexibility index (Phi) is 4.93. The molecule has 1 fully saturated rings. The molecule has 0 aliphatic carbocycles. The average molecular weight is 228 g/mol. The Bertz CT molecular complexity index is 239. The minimum atomic E-state index is 0.0573. The maximum absolute atomic E-state index is 12.3. The van der Waals surface area contributed by atoms with E-state index in [1.54, 1.807) is 7.11 Å². The Morgan fingerprint density at radius 3 is 2.38 bits per heavy atom. The van der Waals surface area contributed by atoms with Gasteiger partial charge in [0, 0.05) is 25.6 Å². The van der Waals surface area contributed by atoms with Gasteiger partial charge in [-0.25, -0.2) is 0 Å². The summed E-state index contributed by atoms with van der Waals surface area (Å²) in [6.45, 7) is 8.81. The van der Waals surface area contributed by atoms with Crippen LogP contribution in [0.1, 0.15) is 34.1 Å². The van der Waals surface area contributed by atoms with Crippen LogP contribution < -0.4 is 0 Å². The smallest absolute Gasteiger partial charge is 0.141 e. The van der Waals surface area contributed by atoms with Crippen molar-refractivity contribution in [1.29, 1.82) is 0 Å². The number of carbonyl (C=O) groups excluding carboxylic acids is 1. The minimum Gasteiger partial charge on any atom is -0.385 e. The molecule has 1 saturated heterocycles. The summed E-state index contributed by atoms with van der Waals surface area (Å²) >= 11 is 0. The molecule has 3 nitrogen and oxygen atoms in total. The van der Waals surface area contributed by atoms with E-state index in [2.05, 4.69) is 6.92 Å². The highest BCUT2D eigenvalue weighted by molar-refractivity contribution is 5.84. The van der Waals surface area contributed by atoms with Crippen molar-refractivity contribution in [3.05, 3.63) is 0 Å². The largest absolute Gasteiger partial charge is 0.385 e. The first-order chi connectivity index (χ1) is 7.49. The van der Waals surface area contributed by atoms with Crippen LogP contribution in [0.15, 0.2) is 0 Å². The Morgan fingerprint density at radius 2 is 1.94 bits per heavy atom. The van der Waals surface area contributed by atoms with Crippen LogP contribution in [0.5, 0.6) is 0 Å². The molecule has 3 heteroatoms. The molecule has 0 N–H and O–H groups in total. The standard InChI is InChI=1S/C13H24O3/c1-8(6-7-15-5)13(14)12-9(2)10(3)16-11(12)4/h8-12H,6-7H2,1-5H3. The highest BCUT2D eigenvalue weighted by Crippen LogP contribution is 2.34. The molecule has 1 aliphatic rings. The topological polar surface area (TPSA) is 35.5 Å². The van der Waals surface area contributed by atoms with Crippen LogP contribution in [0.2, 0.25) is 0 Å². The predicted molar refractivity (Wildman–Crippen MR) is 63.3 cm³/mol. The fourth-order valence-corrected chi connectivity index (χ4v) is 2.52. The van der Waals surface area contributed by atoms with Crippen LogP contribution in [-0.4, -0.2) is 31.7 Å². The van der Waals surface area contributed by atoms with Gasteiger partial charge in [0.05, 0.1) is 12.2 Å². The van der Waals surface area contributed by atoms with E-state index in [0.717, 1.165) is 6.42 Å². The first-order valence-corrected chi connectivity index (χ1v) is 6.17. The second kappa shape index (κ2) is 5.78. The van der Waals surface area contributed by atoms with Gasteiger partial charge in [-0.1, -0.05) is 13.8 Å². The van der Waals surface area contributed by atoms with E-state index in [-0.39, 0.29) is 24.0 Å². The third-order valence-electron chi connectivity index (χ3n) is 3.81. The fourth-order valence-electron chi connectivity index (χ4n) is 2.52. The molecule has 0 spiro atoms. The van der Waals surface area contributed by atoms with E-state index >= 15 is 0 Å². The fraction of sp³-hybridized carbons (Fsp3) is 0.923. The van der Waals surface area contributed by atoms with E-state index < -0.39 is 0 Å². The summed E-state index contributed by atoms with van der Waals surface area (Å²) in [7, 11) is 1.67. The molecule has 1 heterocycles. The van der Waals surface area contributed by atoms with Gasteiger partial charge >= 0.3 is 0 Å². The number of hydrogen-bond donors (Lipinski definition) is 0. The summed E-state index contributed by atoms with van der Waals surface area (Å²) in [4.78, 5) is 12.3. The van der Waals surface area contributed by atoms with Crippen molar-refractivity contribution in [3.63, 3.8) is 0 Å². The molecule has 0 aromatic rings. The van der Waals surface area contributed by atoms with Crippen molar-refractivity contribution in [3.8, 4) is 0 Å². The predicted octanol–water partition coefficient (Wildman–Crippen LogP) is 2.29. The summed E-state index contributed by atoms with van der Waals surface area (Å²) in [5.74, 6) is 0.791. The third-order valence-corrected chi connectivity index (χ3v) is 3.81. The third kappa shape index (κ3) is 2.83. The number of hydrogen-bond acceptors (Lipinski definition) is 3. The van der Waals surface area contributed by atoms with Crippen LogP contribution in [0.25, 0.3) is 0 Å². The molecule has 1 rings (SSSR count). The van der Waals surface area contributed by atoms with Crippen LogP contribution >= 0.6 is 0 Å². The molecule has 16 heavy (non-hydrogen) atoms. The second-order valence-electron chi connectivity index (χ2n) is 5.02. The maximum Gasteiger partial charge on any atom is 0.141 e. The highest BCUT2D eigenvalue weighted by atomic mass is 16.5. The molecule has 94 valence electrons. The lowest BCUT2D eigenvalue weighted by atomic mass is 9.81. The molecule has 0 aromatic heterocycles. The molecule has 0 amide bonds. The van der Waals surface area contributed by atoms with Gasteiger partial charge in [0.2, 0.25) is 0 Å². The van der Waals surface area contributed by atoms with Crippen LogP contribution in [0.4, 0.5) is 0 Å². The number of ketones is 1. The van der Waals surface area contributed by atoms with E-state index in [4.69, 9.17) is 9.47 Å². The minimum absolute atomic E-state index is 0.0573. The zero-order chi connectivity index (χ0) is 12.3. The van der Waals surface area contributed by atoms with Gasteiger partial charge in [-0.05, 0) is 26.2 Å². The number of methoxy groups -OCH3 is 1. The zero-order valence-corrected chi connectivity index (χ0v) is 11.0. The number of rotatable bonds is 5. The lowest BCUT2D eigenvalue weighted by Crippen LogP contribution is -2.31. The van der Waals surface area contributed by atoms with Crippen molar-refractivity contribution < 1.29 is 14.3 Å². The van der Waals surface area contributed by atoms with E-state index in [9.17, 15) is 4.79 Å². The lowest BCUT2D eigenvalue weighted by Gasteiger charge is -2.21. The molecule has 5 atom stereocenters. The van der Waals surface area contributed by atoms with Gasteiger partial charge in [0.25, 0.3) is 0 Å². The van der Waals surface area contributed by atoms with Gasteiger partial charge in [-0.15, -0.1) is 0 Å². The first kappa shape index (κ1) is 13.7. The van der Waals surface area contributed by atoms with Gasteiger partial charge < -0.3 is 9.47 Å². The summed E-state index contributed by atoms with van der Waals surface area (Å²) in [6, 6.07) is 0. The van der Waals surface area contributed by atoms with Crippen molar-refractivity contribution in [2.45, 2.75) is 46.3 Å². The molecule has 1 aliphatic heterocycles. The summed E-state index contributed by atoms with van der Waals surface area (Å²) in [5.41, 5.74) is 0. The Hall–Kier alpha value is -0.410. The summed E-state index contributed by atoms with van der Waals surface area (Å²) in [6.07, 6.45) is 1.06. The number of ether oxygens (including phenoxy) is 2. The first-order valence-electron chi connectivity index (χ1n) is 6.17. The van der Waals surface area contributed by atoms with Crippen molar-refractivity contribution >= 4 is 5.78 Å². The molecule has 0 saturated carbocycles. The monoisotopic (exact) mass is 228 g/mol. The highest BCUT2D eigenvalue weighted by Gasteiger charge is 2.42. The molecule has 0 radical (unpaired) electrons. The molecule has 5 unspecified atom stereocenters. The van der Waals surface area contributed by atoms with E-state index in [1.165, 1.54) is 0 Å². The van der Waals surface area contributed by atoms with E-state index in [0.29, 0.717) is 18.3 Å². The van der Waals surface area contributed by atoms with Gasteiger partial charge in [0.1, 0.15) is 5.78 Å². The number of Topliss-reactive ketones (excluding diaryl/α,β-unsaturated/α-hetero) is 1. The summed E-state index contributed by atoms with van der Waals surface area (Å²) < 4.78 is 10.7. The van der Waals surface area contributed by atoms with Crippen LogP contribution in [0.3, 0.4) is 0 Å².